The lowest BCUT2D eigenvalue weighted by molar-refractivity contribution is -0.188. The molecule has 1 saturated carbocycles. The molecule has 3 fully saturated rings. The third-order valence-corrected chi connectivity index (χ3v) is 2.62. The number of hydrogen-bond donors (Lipinski definition) is 1. The Morgan fingerprint density at radius 3 is 2.60 bits per heavy atom. The number of ether oxygens (including phenoxy) is 1. The van der Waals surface area contributed by atoms with Crippen molar-refractivity contribution < 1.29 is 14.6 Å². The lowest BCUT2D eigenvalue weighted by Gasteiger charge is -2.48. The monoisotopic (exact) mass is 142 g/mol. The Bertz CT molecular complexity index is 164. The number of carboxylic acid groups (broad SMARTS) is 1. The van der Waals surface area contributed by atoms with Gasteiger partial charge >= 0.3 is 5.97 Å². The van der Waals surface area contributed by atoms with Crippen LogP contribution in [-0.4, -0.2) is 23.8 Å². The first-order valence-electron chi connectivity index (χ1n) is 3.58. The van der Waals surface area contributed by atoms with E-state index in [1.165, 1.54) is 0 Å². The molecule has 2 bridgehead atoms. The van der Waals surface area contributed by atoms with E-state index in [1.54, 1.807) is 0 Å². The highest BCUT2D eigenvalue weighted by molar-refractivity contribution is 5.76. The third kappa shape index (κ3) is 0.611. The summed E-state index contributed by atoms with van der Waals surface area (Å²) in [5.74, 6) is -0.632. The summed E-state index contributed by atoms with van der Waals surface area (Å²) in [6, 6.07) is 0. The predicted molar refractivity (Wildman–Crippen MR) is 33.7 cm³/mol. The van der Waals surface area contributed by atoms with E-state index in [0.29, 0.717) is 13.0 Å². The standard InChI is InChI=1S/C7H10O3/c8-6(9)7-1-2-10-5(3-7)4-7/h5H,1-4H2,(H,8,9). The molecule has 1 N–H and O–H groups in total. The molecule has 0 radical (unpaired) electrons. The lowest BCUT2D eigenvalue weighted by Crippen LogP contribution is -2.52. The zero-order chi connectivity index (χ0) is 7.19. The van der Waals surface area contributed by atoms with Gasteiger partial charge in [-0.1, -0.05) is 0 Å². The van der Waals surface area contributed by atoms with Crippen molar-refractivity contribution in [2.24, 2.45) is 5.41 Å². The van der Waals surface area contributed by atoms with Gasteiger partial charge in [0.2, 0.25) is 0 Å². The van der Waals surface area contributed by atoms with Gasteiger partial charge in [-0.05, 0) is 19.3 Å². The van der Waals surface area contributed by atoms with Crippen LogP contribution < -0.4 is 0 Å². The van der Waals surface area contributed by atoms with Crippen molar-refractivity contribution in [3.05, 3.63) is 0 Å². The first-order chi connectivity index (χ1) is 4.73. The maximum absolute atomic E-state index is 10.7. The minimum absolute atomic E-state index is 0.254. The molecule has 0 aromatic heterocycles. The molecule has 3 aliphatic rings. The summed E-state index contributed by atoms with van der Waals surface area (Å²) in [6.07, 6.45) is 2.44. The molecule has 2 heterocycles. The van der Waals surface area contributed by atoms with Crippen molar-refractivity contribution in [1.82, 2.24) is 0 Å². The third-order valence-electron chi connectivity index (χ3n) is 2.62. The molecule has 1 aliphatic carbocycles. The normalized spacial score (nSPS) is 44.2. The van der Waals surface area contributed by atoms with Gasteiger partial charge in [0.05, 0.1) is 11.5 Å². The fourth-order valence-electron chi connectivity index (χ4n) is 1.84. The van der Waals surface area contributed by atoms with E-state index >= 15 is 0 Å². The minimum atomic E-state index is -0.632. The van der Waals surface area contributed by atoms with Crippen LogP contribution in [0.1, 0.15) is 19.3 Å². The topological polar surface area (TPSA) is 46.5 Å². The molecule has 56 valence electrons. The fourth-order valence-corrected chi connectivity index (χ4v) is 1.84. The Balaban J connectivity index is 2.12. The summed E-state index contributed by atoms with van der Waals surface area (Å²) in [5, 5.41) is 8.78. The largest absolute Gasteiger partial charge is 0.481 e. The highest BCUT2D eigenvalue weighted by Gasteiger charge is 2.53. The predicted octanol–water partition coefficient (Wildman–Crippen LogP) is 0.640. The van der Waals surface area contributed by atoms with E-state index in [4.69, 9.17) is 9.84 Å². The van der Waals surface area contributed by atoms with Crippen LogP contribution in [0.5, 0.6) is 0 Å². The van der Waals surface area contributed by atoms with Crippen LogP contribution in [0.3, 0.4) is 0 Å². The Morgan fingerprint density at radius 1 is 1.60 bits per heavy atom. The van der Waals surface area contributed by atoms with Gasteiger partial charge in [0.1, 0.15) is 0 Å². The smallest absolute Gasteiger partial charge is 0.309 e. The van der Waals surface area contributed by atoms with Gasteiger partial charge in [0.25, 0.3) is 0 Å². The molecule has 0 amide bonds. The van der Waals surface area contributed by atoms with Gasteiger partial charge in [-0.25, -0.2) is 0 Å². The van der Waals surface area contributed by atoms with E-state index < -0.39 is 5.97 Å². The summed E-state index contributed by atoms with van der Waals surface area (Å²) < 4.78 is 5.26. The first kappa shape index (κ1) is 6.16. The molecule has 3 nitrogen and oxygen atoms in total. The van der Waals surface area contributed by atoms with Gasteiger partial charge in [0.15, 0.2) is 0 Å². The van der Waals surface area contributed by atoms with Gasteiger partial charge in [0, 0.05) is 6.61 Å². The number of carboxylic acids is 1. The highest BCUT2D eigenvalue weighted by Crippen LogP contribution is 2.49. The molecule has 0 aromatic carbocycles. The fraction of sp³-hybridized carbons (Fsp3) is 0.857. The van der Waals surface area contributed by atoms with E-state index in [0.717, 1.165) is 12.8 Å². The number of fused-ring (bicyclic) bond motifs is 2. The van der Waals surface area contributed by atoms with Crippen LogP contribution in [0.15, 0.2) is 0 Å². The lowest BCUT2D eigenvalue weighted by atomic mass is 9.63. The van der Waals surface area contributed by atoms with Crippen LogP contribution in [0.4, 0.5) is 0 Å². The molecular weight excluding hydrogens is 132 g/mol. The van der Waals surface area contributed by atoms with Gasteiger partial charge < -0.3 is 9.84 Å². The van der Waals surface area contributed by atoms with Crippen LogP contribution >= 0.6 is 0 Å². The van der Waals surface area contributed by atoms with E-state index in [1.807, 2.05) is 0 Å². The van der Waals surface area contributed by atoms with Gasteiger partial charge in [-0.15, -0.1) is 0 Å². The average molecular weight is 142 g/mol. The quantitative estimate of drug-likeness (QED) is 0.584. The van der Waals surface area contributed by atoms with Crippen LogP contribution in [-0.2, 0) is 9.53 Å². The zero-order valence-corrected chi connectivity index (χ0v) is 5.67. The average Bonchev–Trinajstić information content (AvgIpc) is 1.87. The van der Waals surface area contributed by atoms with E-state index in [2.05, 4.69) is 0 Å². The van der Waals surface area contributed by atoms with Crippen molar-refractivity contribution in [3.63, 3.8) is 0 Å². The number of rotatable bonds is 1. The summed E-state index contributed by atoms with van der Waals surface area (Å²) >= 11 is 0. The molecular formula is C7H10O3. The SMILES string of the molecule is O=C(O)C12CCOC(C1)C2. The Kier molecular flexibility index (Phi) is 1.06. The molecule has 10 heavy (non-hydrogen) atoms. The van der Waals surface area contributed by atoms with Gasteiger partial charge in [-0.3, -0.25) is 4.79 Å². The molecule has 0 aromatic rings. The summed E-state index contributed by atoms with van der Waals surface area (Å²) in [5.41, 5.74) is -0.386. The second kappa shape index (κ2) is 1.72. The summed E-state index contributed by atoms with van der Waals surface area (Å²) in [4.78, 5) is 10.7. The Hall–Kier alpha value is -0.570. The molecule has 0 spiro atoms. The summed E-state index contributed by atoms with van der Waals surface area (Å²) in [7, 11) is 0. The number of carbonyl (C=O) groups is 1. The van der Waals surface area contributed by atoms with Crippen LogP contribution in [0.25, 0.3) is 0 Å². The van der Waals surface area contributed by atoms with Crippen molar-refractivity contribution in [1.29, 1.82) is 0 Å². The molecule has 2 aliphatic heterocycles. The second-order valence-electron chi connectivity index (χ2n) is 3.24. The Morgan fingerprint density at radius 2 is 2.30 bits per heavy atom. The molecule has 0 unspecified atom stereocenters. The number of hydrogen-bond acceptors (Lipinski definition) is 2. The Labute approximate surface area is 59.0 Å². The summed E-state index contributed by atoms with van der Waals surface area (Å²) in [6.45, 7) is 0.636. The van der Waals surface area contributed by atoms with E-state index in [-0.39, 0.29) is 11.5 Å². The van der Waals surface area contributed by atoms with Crippen molar-refractivity contribution in [2.45, 2.75) is 25.4 Å². The molecule has 3 heteroatoms. The first-order valence-corrected chi connectivity index (χ1v) is 3.58. The van der Waals surface area contributed by atoms with Crippen molar-refractivity contribution in [2.75, 3.05) is 6.61 Å². The highest BCUT2D eigenvalue weighted by atomic mass is 16.5. The maximum Gasteiger partial charge on any atom is 0.309 e. The van der Waals surface area contributed by atoms with Crippen LogP contribution in [0, 0.1) is 5.41 Å². The number of aliphatic carboxylic acids is 1. The zero-order valence-electron chi connectivity index (χ0n) is 5.67. The van der Waals surface area contributed by atoms with Crippen molar-refractivity contribution in [3.8, 4) is 0 Å². The second-order valence-corrected chi connectivity index (χ2v) is 3.24. The van der Waals surface area contributed by atoms with Crippen LogP contribution in [0.2, 0.25) is 0 Å². The van der Waals surface area contributed by atoms with Crippen molar-refractivity contribution >= 4 is 5.97 Å². The minimum Gasteiger partial charge on any atom is -0.481 e. The molecule has 2 saturated heterocycles. The molecule has 3 rings (SSSR count). The van der Waals surface area contributed by atoms with E-state index in [9.17, 15) is 4.79 Å². The molecule has 0 atom stereocenters. The van der Waals surface area contributed by atoms with Gasteiger partial charge in [-0.2, -0.15) is 0 Å². The maximum atomic E-state index is 10.7.